The van der Waals surface area contributed by atoms with Gasteiger partial charge in [-0.25, -0.2) is 0 Å². The summed E-state index contributed by atoms with van der Waals surface area (Å²) in [4.78, 5) is 0. The van der Waals surface area contributed by atoms with Crippen LogP contribution in [0.3, 0.4) is 0 Å². The van der Waals surface area contributed by atoms with Crippen LogP contribution in [0.4, 0.5) is 0 Å². The Kier molecular flexibility index (Phi) is 4.84. The molecule has 1 unspecified atom stereocenters. The lowest BCUT2D eigenvalue weighted by molar-refractivity contribution is 0.0297. The summed E-state index contributed by atoms with van der Waals surface area (Å²) in [5.41, 5.74) is 0.783. The number of fused-ring (bicyclic) bond motifs is 1. The Morgan fingerprint density at radius 2 is 1.71 bits per heavy atom. The predicted octanol–water partition coefficient (Wildman–Crippen LogP) is 4.01. The molecule has 1 atom stereocenters. The van der Waals surface area contributed by atoms with E-state index in [4.69, 9.17) is 9.84 Å². The first-order valence-corrected chi connectivity index (χ1v) is 8.13. The monoisotopic (exact) mass is 322 g/mol. The first kappa shape index (κ1) is 16.5. The molecule has 0 aliphatic carbocycles. The number of rotatable bonds is 6. The molecule has 0 bridgehead atoms. The molecule has 0 aromatic heterocycles. The lowest BCUT2D eigenvalue weighted by Gasteiger charge is -2.23. The minimum Gasteiger partial charge on any atom is -0.489 e. The van der Waals surface area contributed by atoms with Gasteiger partial charge in [0.05, 0.1) is 5.60 Å². The van der Waals surface area contributed by atoms with E-state index < -0.39 is 5.60 Å². The van der Waals surface area contributed by atoms with Crippen LogP contribution in [0.25, 0.3) is 10.8 Å². The molecule has 3 nitrogen and oxygen atoms in total. The molecule has 0 saturated carbocycles. The maximum absolute atomic E-state index is 10.4. The zero-order chi connectivity index (χ0) is 17.0. The van der Waals surface area contributed by atoms with Gasteiger partial charge in [0.1, 0.15) is 12.4 Å². The summed E-state index contributed by atoms with van der Waals surface area (Å²) < 4.78 is 5.88. The van der Waals surface area contributed by atoms with Crippen LogP contribution >= 0.6 is 0 Å². The molecule has 0 saturated heterocycles. The second-order valence-electron chi connectivity index (χ2n) is 6.25. The van der Waals surface area contributed by atoms with E-state index in [0.29, 0.717) is 18.8 Å². The summed E-state index contributed by atoms with van der Waals surface area (Å²) in [5.74, 6) is 0.707. The lowest BCUT2D eigenvalue weighted by Crippen LogP contribution is -2.22. The summed E-state index contributed by atoms with van der Waals surface area (Å²) in [6.07, 6.45) is 0.293. The lowest BCUT2D eigenvalue weighted by atomic mass is 9.93. The third-order valence-electron chi connectivity index (χ3n) is 4.27. The van der Waals surface area contributed by atoms with Crippen molar-refractivity contribution in [3.05, 3.63) is 77.9 Å². The van der Waals surface area contributed by atoms with Crippen LogP contribution in [0.2, 0.25) is 0 Å². The van der Waals surface area contributed by atoms with Crippen molar-refractivity contribution in [1.82, 2.24) is 0 Å². The highest BCUT2D eigenvalue weighted by Crippen LogP contribution is 2.27. The Balaban J connectivity index is 1.74. The van der Waals surface area contributed by atoms with E-state index in [1.165, 1.54) is 10.8 Å². The Hall–Kier alpha value is -2.36. The van der Waals surface area contributed by atoms with Gasteiger partial charge in [-0.3, -0.25) is 0 Å². The fraction of sp³-hybridized carbons (Fsp3) is 0.238. The quantitative estimate of drug-likeness (QED) is 0.721. The van der Waals surface area contributed by atoms with Gasteiger partial charge in [0.2, 0.25) is 0 Å². The van der Waals surface area contributed by atoms with E-state index in [2.05, 4.69) is 30.3 Å². The van der Waals surface area contributed by atoms with Crippen LogP contribution in [-0.2, 0) is 12.2 Å². The van der Waals surface area contributed by atoms with E-state index in [0.717, 1.165) is 11.1 Å². The van der Waals surface area contributed by atoms with Crippen LogP contribution in [0.5, 0.6) is 5.75 Å². The molecule has 0 heterocycles. The normalized spacial score (nSPS) is 13.6. The third-order valence-corrected chi connectivity index (χ3v) is 4.27. The minimum absolute atomic E-state index is 0.0603. The average Bonchev–Trinajstić information content (AvgIpc) is 2.60. The number of benzene rings is 3. The fourth-order valence-electron chi connectivity index (χ4n) is 2.78. The molecule has 2 N–H and O–H groups in total. The molecule has 0 aliphatic rings. The van der Waals surface area contributed by atoms with Gasteiger partial charge < -0.3 is 14.9 Å². The van der Waals surface area contributed by atoms with Crippen molar-refractivity contribution in [2.75, 3.05) is 6.61 Å². The molecule has 0 amide bonds. The average molecular weight is 322 g/mol. The van der Waals surface area contributed by atoms with Crippen LogP contribution in [0, 0.1) is 0 Å². The predicted molar refractivity (Wildman–Crippen MR) is 96.0 cm³/mol. The van der Waals surface area contributed by atoms with E-state index in [9.17, 15) is 5.11 Å². The van der Waals surface area contributed by atoms with Crippen molar-refractivity contribution in [2.24, 2.45) is 0 Å². The van der Waals surface area contributed by atoms with Gasteiger partial charge >= 0.3 is 0 Å². The zero-order valence-electron chi connectivity index (χ0n) is 13.8. The van der Waals surface area contributed by atoms with Gasteiger partial charge in [0, 0.05) is 13.0 Å². The molecule has 3 rings (SSSR count). The molecule has 124 valence electrons. The van der Waals surface area contributed by atoms with Crippen molar-refractivity contribution in [2.45, 2.75) is 25.6 Å². The summed E-state index contributed by atoms with van der Waals surface area (Å²) in [6.45, 7) is 2.11. The Bertz CT molecular complexity index is 824. The number of aliphatic hydroxyl groups excluding tert-OH is 1. The van der Waals surface area contributed by atoms with E-state index in [-0.39, 0.29) is 6.61 Å². The van der Waals surface area contributed by atoms with Crippen molar-refractivity contribution >= 4 is 10.8 Å². The van der Waals surface area contributed by atoms with Gasteiger partial charge in [-0.05, 0) is 47.0 Å². The second-order valence-corrected chi connectivity index (χ2v) is 6.25. The van der Waals surface area contributed by atoms with Gasteiger partial charge in [-0.1, -0.05) is 48.5 Å². The molecular weight excluding hydrogens is 300 g/mol. The second kappa shape index (κ2) is 7.04. The molecule has 0 radical (unpaired) electrons. The van der Waals surface area contributed by atoms with E-state index >= 15 is 0 Å². The summed E-state index contributed by atoms with van der Waals surface area (Å²) in [6, 6.07) is 21.9. The minimum atomic E-state index is -1.06. The maximum atomic E-state index is 10.4. The van der Waals surface area contributed by atoms with Crippen molar-refractivity contribution in [1.29, 1.82) is 0 Å². The van der Waals surface area contributed by atoms with Crippen molar-refractivity contribution < 1.29 is 14.9 Å². The van der Waals surface area contributed by atoms with Gasteiger partial charge in [-0.2, -0.15) is 0 Å². The Morgan fingerprint density at radius 3 is 2.50 bits per heavy atom. The van der Waals surface area contributed by atoms with Crippen molar-refractivity contribution in [3.63, 3.8) is 0 Å². The molecule has 3 aromatic rings. The van der Waals surface area contributed by atoms with Gasteiger partial charge in [-0.15, -0.1) is 0 Å². The molecule has 0 aliphatic heterocycles. The molecule has 3 aromatic carbocycles. The maximum Gasteiger partial charge on any atom is 0.120 e. The highest BCUT2D eigenvalue weighted by atomic mass is 16.5. The van der Waals surface area contributed by atoms with Gasteiger partial charge in [0.25, 0.3) is 0 Å². The number of hydrogen-bond acceptors (Lipinski definition) is 3. The first-order valence-electron chi connectivity index (χ1n) is 8.13. The van der Waals surface area contributed by atoms with Gasteiger partial charge in [0.15, 0.2) is 0 Å². The van der Waals surface area contributed by atoms with E-state index in [1.54, 1.807) is 6.92 Å². The SMILES string of the molecule is CC(O)(CCO)c1cccc(OCc2ccc3ccccc3c2)c1. The molecule has 0 fully saturated rings. The molecule has 24 heavy (non-hydrogen) atoms. The molecular formula is C21H22O3. The third kappa shape index (κ3) is 3.75. The summed E-state index contributed by atoms with van der Waals surface area (Å²) >= 11 is 0. The smallest absolute Gasteiger partial charge is 0.120 e. The topological polar surface area (TPSA) is 49.7 Å². The molecule has 3 heteroatoms. The highest BCUT2D eigenvalue weighted by Gasteiger charge is 2.22. The van der Waals surface area contributed by atoms with Crippen molar-refractivity contribution in [3.8, 4) is 5.75 Å². The Labute approximate surface area is 142 Å². The van der Waals surface area contributed by atoms with Crippen LogP contribution in [-0.4, -0.2) is 16.8 Å². The number of hydrogen-bond donors (Lipinski definition) is 2. The van der Waals surface area contributed by atoms with Crippen LogP contribution < -0.4 is 4.74 Å². The van der Waals surface area contributed by atoms with Crippen LogP contribution in [0.1, 0.15) is 24.5 Å². The van der Waals surface area contributed by atoms with E-state index in [1.807, 2.05) is 36.4 Å². The fourth-order valence-corrected chi connectivity index (χ4v) is 2.78. The standard InChI is InChI=1S/C21H22O3/c1-21(23,11-12-22)19-7-4-8-20(14-19)24-15-16-9-10-17-5-2-3-6-18(17)13-16/h2-10,13-14,22-23H,11-12,15H2,1H3. The first-order chi connectivity index (χ1) is 11.6. The Morgan fingerprint density at radius 1 is 0.917 bits per heavy atom. The number of aliphatic hydroxyl groups is 2. The summed E-state index contributed by atoms with van der Waals surface area (Å²) in [5, 5.41) is 21.9. The van der Waals surface area contributed by atoms with Crippen LogP contribution in [0.15, 0.2) is 66.7 Å². The summed E-state index contributed by atoms with van der Waals surface area (Å²) in [7, 11) is 0. The molecule has 0 spiro atoms. The largest absolute Gasteiger partial charge is 0.489 e. The highest BCUT2D eigenvalue weighted by molar-refractivity contribution is 5.82. The zero-order valence-corrected chi connectivity index (χ0v) is 13.8. The number of ether oxygens (including phenoxy) is 1.